The molecule has 0 aliphatic carbocycles. The van der Waals surface area contributed by atoms with E-state index in [0.717, 1.165) is 0 Å². The molecule has 0 aliphatic heterocycles. The molecule has 0 heterocycles. The average molecular weight is 256 g/mol. The lowest BCUT2D eigenvalue weighted by Crippen LogP contribution is -2.11. The number of hydrogen-bond acceptors (Lipinski definition) is 3. The van der Waals surface area contributed by atoms with Crippen molar-refractivity contribution in [2.75, 3.05) is 5.32 Å². The first-order valence-corrected chi connectivity index (χ1v) is 5.57. The molecule has 2 rings (SSSR count). The summed E-state index contributed by atoms with van der Waals surface area (Å²) in [5.74, 6) is -1.55. The van der Waals surface area contributed by atoms with E-state index in [2.05, 4.69) is 5.32 Å². The zero-order valence-corrected chi connectivity index (χ0v) is 9.96. The minimum atomic E-state index is -1.02. The molecule has 2 aromatic rings. The van der Waals surface area contributed by atoms with Crippen molar-refractivity contribution < 1.29 is 14.7 Å². The molecule has 0 aliphatic rings. The predicted molar refractivity (Wildman–Crippen MR) is 71.6 cm³/mol. The third-order valence-corrected chi connectivity index (χ3v) is 2.58. The number of carbonyl (C=O) groups excluding carboxylic acids is 1. The molecule has 0 unspecified atom stereocenters. The van der Waals surface area contributed by atoms with Gasteiger partial charge in [-0.05, 0) is 30.3 Å². The van der Waals surface area contributed by atoms with Crippen molar-refractivity contribution in [3.63, 3.8) is 0 Å². The number of rotatable bonds is 4. The van der Waals surface area contributed by atoms with Gasteiger partial charge in [0, 0.05) is 11.3 Å². The first-order chi connectivity index (χ1) is 9.08. The summed E-state index contributed by atoms with van der Waals surface area (Å²) in [7, 11) is 0. The van der Waals surface area contributed by atoms with Crippen LogP contribution in [0.5, 0.6) is 0 Å². The number of para-hydroxylation sites is 1. The van der Waals surface area contributed by atoms with E-state index < -0.39 is 11.9 Å². The molecular weight excluding hydrogens is 244 g/mol. The monoisotopic (exact) mass is 256 g/mol. The van der Waals surface area contributed by atoms with Gasteiger partial charge in [-0.1, -0.05) is 18.2 Å². The maximum atomic E-state index is 11.1. The van der Waals surface area contributed by atoms with Crippen LogP contribution in [0.3, 0.4) is 0 Å². The van der Waals surface area contributed by atoms with Crippen LogP contribution in [-0.2, 0) is 0 Å². The van der Waals surface area contributed by atoms with Crippen molar-refractivity contribution in [3.05, 3.63) is 59.7 Å². The molecule has 1 amide bonds. The van der Waals surface area contributed by atoms with Crippen LogP contribution in [0.1, 0.15) is 20.7 Å². The standard InChI is InChI=1S/C14H12N2O3/c15-13(17)9-4-3-5-10(8-9)16-12-7-2-1-6-11(12)14(18)19/h1-8,16H,(H2,15,17)(H,18,19). The van der Waals surface area contributed by atoms with Crippen molar-refractivity contribution in [2.45, 2.75) is 0 Å². The third kappa shape index (κ3) is 2.90. The lowest BCUT2D eigenvalue weighted by atomic mass is 10.1. The van der Waals surface area contributed by atoms with E-state index in [0.29, 0.717) is 16.9 Å². The summed E-state index contributed by atoms with van der Waals surface area (Å²) in [5.41, 5.74) is 6.77. The fraction of sp³-hybridized carbons (Fsp3) is 0. The fourth-order valence-electron chi connectivity index (χ4n) is 1.68. The van der Waals surface area contributed by atoms with Gasteiger partial charge >= 0.3 is 5.97 Å². The number of carboxylic acids is 1. The fourth-order valence-corrected chi connectivity index (χ4v) is 1.68. The molecule has 0 spiro atoms. The number of nitrogens with one attached hydrogen (secondary N) is 1. The molecule has 0 saturated carbocycles. The summed E-state index contributed by atoms with van der Waals surface area (Å²) in [6, 6.07) is 13.1. The van der Waals surface area contributed by atoms with Gasteiger partial charge in [0.15, 0.2) is 0 Å². The number of hydrogen-bond donors (Lipinski definition) is 3. The van der Waals surface area contributed by atoms with Crippen molar-refractivity contribution in [1.29, 1.82) is 0 Å². The predicted octanol–water partition coefficient (Wildman–Crippen LogP) is 2.23. The van der Waals surface area contributed by atoms with E-state index in [1.807, 2.05) is 0 Å². The number of anilines is 2. The zero-order chi connectivity index (χ0) is 13.8. The topological polar surface area (TPSA) is 92.4 Å². The van der Waals surface area contributed by atoms with Crippen molar-refractivity contribution in [1.82, 2.24) is 0 Å². The maximum absolute atomic E-state index is 11.1. The van der Waals surface area contributed by atoms with Crippen LogP contribution in [0.4, 0.5) is 11.4 Å². The summed E-state index contributed by atoms with van der Waals surface area (Å²) in [6.45, 7) is 0. The van der Waals surface area contributed by atoms with Crippen LogP contribution in [0.25, 0.3) is 0 Å². The lowest BCUT2D eigenvalue weighted by molar-refractivity contribution is 0.0697. The number of primary amides is 1. The molecule has 5 nitrogen and oxygen atoms in total. The second-order valence-corrected chi connectivity index (χ2v) is 3.92. The van der Waals surface area contributed by atoms with Crippen molar-refractivity contribution in [2.24, 2.45) is 5.73 Å². The van der Waals surface area contributed by atoms with Gasteiger partial charge in [-0.2, -0.15) is 0 Å². The largest absolute Gasteiger partial charge is 0.478 e. The molecule has 0 bridgehead atoms. The first kappa shape index (κ1) is 12.6. The number of aromatic carboxylic acids is 1. The lowest BCUT2D eigenvalue weighted by Gasteiger charge is -2.10. The van der Waals surface area contributed by atoms with Crippen LogP contribution in [-0.4, -0.2) is 17.0 Å². The van der Waals surface area contributed by atoms with Crippen LogP contribution >= 0.6 is 0 Å². The summed E-state index contributed by atoms with van der Waals surface area (Å²) in [4.78, 5) is 22.2. The molecule has 2 aromatic carbocycles. The van der Waals surface area contributed by atoms with E-state index in [4.69, 9.17) is 10.8 Å². The van der Waals surface area contributed by atoms with Crippen LogP contribution in [0.15, 0.2) is 48.5 Å². The highest BCUT2D eigenvalue weighted by Gasteiger charge is 2.09. The Morgan fingerprint density at radius 2 is 1.79 bits per heavy atom. The Kier molecular flexibility index (Phi) is 3.47. The summed E-state index contributed by atoms with van der Waals surface area (Å²) in [6.07, 6.45) is 0. The van der Waals surface area contributed by atoms with E-state index in [1.54, 1.807) is 42.5 Å². The summed E-state index contributed by atoms with van der Waals surface area (Å²) >= 11 is 0. The maximum Gasteiger partial charge on any atom is 0.337 e. The van der Waals surface area contributed by atoms with Crippen molar-refractivity contribution >= 4 is 23.3 Å². The molecule has 0 saturated heterocycles. The Labute approximate surface area is 109 Å². The Hall–Kier alpha value is -2.82. The van der Waals surface area contributed by atoms with Gasteiger partial charge in [0.05, 0.1) is 11.3 Å². The van der Waals surface area contributed by atoms with E-state index >= 15 is 0 Å². The third-order valence-electron chi connectivity index (χ3n) is 2.58. The van der Waals surface area contributed by atoms with Crippen LogP contribution in [0.2, 0.25) is 0 Å². The smallest absolute Gasteiger partial charge is 0.337 e. The molecule has 4 N–H and O–H groups in total. The highest BCUT2D eigenvalue weighted by Crippen LogP contribution is 2.21. The van der Waals surface area contributed by atoms with Gasteiger partial charge in [-0.15, -0.1) is 0 Å². The number of amides is 1. The molecule has 19 heavy (non-hydrogen) atoms. The van der Waals surface area contributed by atoms with E-state index in [1.165, 1.54) is 6.07 Å². The van der Waals surface area contributed by atoms with Gasteiger partial charge in [-0.3, -0.25) is 4.79 Å². The number of carboxylic acid groups (broad SMARTS) is 1. The van der Waals surface area contributed by atoms with E-state index in [9.17, 15) is 9.59 Å². The number of benzene rings is 2. The Morgan fingerprint density at radius 1 is 1.05 bits per heavy atom. The van der Waals surface area contributed by atoms with Gasteiger partial charge in [-0.25, -0.2) is 4.79 Å². The van der Waals surface area contributed by atoms with Crippen LogP contribution < -0.4 is 11.1 Å². The molecular formula is C14H12N2O3. The van der Waals surface area contributed by atoms with E-state index in [-0.39, 0.29) is 5.56 Å². The van der Waals surface area contributed by atoms with Crippen molar-refractivity contribution in [3.8, 4) is 0 Å². The number of carbonyl (C=O) groups is 2. The Morgan fingerprint density at radius 3 is 2.47 bits per heavy atom. The normalized spacial score (nSPS) is 9.89. The minimum Gasteiger partial charge on any atom is -0.478 e. The summed E-state index contributed by atoms with van der Waals surface area (Å²) in [5, 5.41) is 12.0. The Bertz CT molecular complexity index is 638. The second kappa shape index (κ2) is 5.22. The van der Waals surface area contributed by atoms with Crippen LogP contribution in [0, 0.1) is 0 Å². The quantitative estimate of drug-likeness (QED) is 0.782. The molecule has 0 fully saturated rings. The molecule has 96 valence electrons. The number of nitrogens with two attached hydrogens (primary N) is 1. The molecule has 0 aromatic heterocycles. The Balaban J connectivity index is 2.34. The van der Waals surface area contributed by atoms with Gasteiger partial charge in [0.2, 0.25) is 5.91 Å². The zero-order valence-electron chi connectivity index (χ0n) is 9.96. The molecule has 0 atom stereocenters. The SMILES string of the molecule is NC(=O)c1cccc(Nc2ccccc2C(=O)O)c1. The van der Waals surface area contributed by atoms with Gasteiger partial charge in [0.1, 0.15) is 0 Å². The molecule has 0 radical (unpaired) electrons. The molecule has 5 heteroatoms. The van der Waals surface area contributed by atoms with Gasteiger partial charge in [0.25, 0.3) is 0 Å². The average Bonchev–Trinajstić information content (AvgIpc) is 2.39. The minimum absolute atomic E-state index is 0.159. The highest BCUT2D eigenvalue weighted by molar-refractivity contribution is 5.96. The summed E-state index contributed by atoms with van der Waals surface area (Å²) < 4.78 is 0. The first-order valence-electron chi connectivity index (χ1n) is 5.57. The second-order valence-electron chi connectivity index (χ2n) is 3.92. The highest BCUT2D eigenvalue weighted by atomic mass is 16.4. The van der Waals surface area contributed by atoms with Gasteiger partial charge < -0.3 is 16.2 Å².